The van der Waals surface area contributed by atoms with E-state index >= 15 is 0 Å². The van der Waals surface area contributed by atoms with Crippen LogP contribution in [0.25, 0.3) is 0 Å². The molecule has 5 heteroatoms. The normalized spacial score (nSPS) is 15.1. The van der Waals surface area contributed by atoms with Gasteiger partial charge in [-0.05, 0) is 42.4 Å². The first-order chi connectivity index (χ1) is 10.1. The van der Waals surface area contributed by atoms with E-state index in [1.165, 1.54) is 20.0 Å². The number of amides is 2. The maximum Gasteiger partial charge on any atom is 0.407 e. The maximum absolute atomic E-state index is 11.9. The summed E-state index contributed by atoms with van der Waals surface area (Å²) in [6, 6.07) is 7.42. The van der Waals surface area contributed by atoms with Gasteiger partial charge in [-0.3, -0.25) is 4.79 Å². The van der Waals surface area contributed by atoms with Crippen LogP contribution < -0.4 is 10.6 Å². The number of rotatable bonds is 6. The summed E-state index contributed by atoms with van der Waals surface area (Å²) in [6.07, 6.45) is 2.64. The number of nitrogens with one attached hydrogen (secondary N) is 2. The molecule has 1 atom stereocenters. The van der Waals surface area contributed by atoms with E-state index < -0.39 is 6.09 Å². The van der Waals surface area contributed by atoms with Crippen LogP contribution in [0.3, 0.4) is 0 Å². The quantitative estimate of drug-likeness (QED) is 0.846. The first-order valence-corrected chi connectivity index (χ1v) is 7.29. The first kappa shape index (κ1) is 15.4. The number of benzene rings is 1. The monoisotopic (exact) mass is 290 g/mol. The number of alkyl carbamates (subject to hydrolysis) is 1. The van der Waals surface area contributed by atoms with Crippen LogP contribution >= 0.6 is 0 Å². The van der Waals surface area contributed by atoms with Gasteiger partial charge in [0.25, 0.3) is 0 Å². The number of methoxy groups -OCH3 is 1. The fraction of sp³-hybridized carbons (Fsp3) is 0.500. The van der Waals surface area contributed by atoms with Crippen LogP contribution in [0.5, 0.6) is 0 Å². The van der Waals surface area contributed by atoms with Gasteiger partial charge in [0.2, 0.25) is 5.91 Å². The van der Waals surface area contributed by atoms with Gasteiger partial charge in [-0.2, -0.15) is 0 Å². The SMILES string of the molecule is COC(=O)NCc1ccc(NC(=O)CC(C)C2CC2)cc1. The molecular weight excluding hydrogens is 268 g/mol. The lowest BCUT2D eigenvalue weighted by atomic mass is 10.0. The molecule has 1 saturated carbocycles. The molecule has 1 unspecified atom stereocenters. The van der Waals surface area contributed by atoms with Crippen molar-refractivity contribution in [3.8, 4) is 0 Å². The van der Waals surface area contributed by atoms with Crippen molar-refractivity contribution >= 4 is 17.7 Å². The van der Waals surface area contributed by atoms with Crippen molar-refractivity contribution in [2.45, 2.75) is 32.7 Å². The fourth-order valence-electron chi connectivity index (χ4n) is 2.29. The van der Waals surface area contributed by atoms with Gasteiger partial charge in [0, 0.05) is 18.7 Å². The number of anilines is 1. The van der Waals surface area contributed by atoms with E-state index in [-0.39, 0.29) is 5.91 Å². The predicted octanol–water partition coefficient (Wildman–Crippen LogP) is 2.92. The Morgan fingerprint density at radius 3 is 2.52 bits per heavy atom. The zero-order valence-electron chi connectivity index (χ0n) is 12.5. The minimum atomic E-state index is -0.457. The number of hydrogen-bond donors (Lipinski definition) is 2. The molecular formula is C16H22N2O3. The fourth-order valence-corrected chi connectivity index (χ4v) is 2.29. The molecule has 0 saturated heterocycles. The second kappa shape index (κ2) is 7.11. The van der Waals surface area contributed by atoms with Crippen molar-refractivity contribution in [2.75, 3.05) is 12.4 Å². The largest absolute Gasteiger partial charge is 0.453 e. The molecule has 0 bridgehead atoms. The molecule has 1 fully saturated rings. The number of hydrogen-bond acceptors (Lipinski definition) is 3. The van der Waals surface area contributed by atoms with Gasteiger partial charge in [-0.1, -0.05) is 19.1 Å². The molecule has 1 aliphatic rings. The van der Waals surface area contributed by atoms with E-state index in [1.54, 1.807) is 0 Å². The van der Waals surface area contributed by atoms with Crippen LogP contribution in [-0.4, -0.2) is 19.1 Å². The van der Waals surface area contributed by atoms with Crippen molar-refractivity contribution < 1.29 is 14.3 Å². The molecule has 0 aliphatic heterocycles. The predicted molar refractivity (Wildman–Crippen MR) is 80.8 cm³/mol. The minimum Gasteiger partial charge on any atom is -0.453 e. The number of ether oxygens (including phenoxy) is 1. The van der Waals surface area contributed by atoms with E-state index in [1.807, 2.05) is 24.3 Å². The summed E-state index contributed by atoms with van der Waals surface area (Å²) >= 11 is 0. The van der Waals surface area contributed by atoms with E-state index in [9.17, 15) is 9.59 Å². The van der Waals surface area contributed by atoms with E-state index in [0.29, 0.717) is 18.9 Å². The van der Waals surface area contributed by atoms with Crippen molar-refractivity contribution in [3.63, 3.8) is 0 Å². The second-order valence-corrected chi connectivity index (χ2v) is 5.61. The van der Waals surface area contributed by atoms with Crippen LogP contribution in [-0.2, 0) is 16.1 Å². The minimum absolute atomic E-state index is 0.0647. The van der Waals surface area contributed by atoms with Gasteiger partial charge in [0.1, 0.15) is 0 Å². The Morgan fingerprint density at radius 2 is 1.95 bits per heavy atom. The molecule has 21 heavy (non-hydrogen) atoms. The Morgan fingerprint density at radius 1 is 1.29 bits per heavy atom. The highest BCUT2D eigenvalue weighted by Crippen LogP contribution is 2.38. The molecule has 1 aromatic rings. The van der Waals surface area contributed by atoms with Crippen LogP contribution in [0.1, 0.15) is 31.7 Å². The Labute approximate surface area is 125 Å². The lowest BCUT2D eigenvalue weighted by molar-refractivity contribution is -0.117. The lowest BCUT2D eigenvalue weighted by Crippen LogP contribution is -2.22. The molecule has 2 amide bonds. The van der Waals surface area contributed by atoms with Gasteiger partial charge in [0.05, 0.1) is 7.11 Å². The topological polar surface area (TPSA) is 67.4 Å². The van der Waals surface area contributed by atoms with Gasteiger partial charge in [-0.25, -0.2) is 4.79 Å². The summed E-state index contributed by atoms with van der Waals surface area (Å²) in [5, 5.41) is 5.51. The molecule has 2 rings (SSSR count). The lowest BCUT2D eigenvalue weighted by Gasteiger charge is -2.11. The molecule has 0 radical (unpaired) electrons. The molecule has 5 nitrogen and oxygen atoms in total. The van der Waals surface area contributed by atoms with E-state index in [2.05, 4.69) is 22.3 Å². The standard InChI is InChI=1S/C16H22N2O3/c1-11(13-5-6-13)9-15(19)18-14-7-3-12(4-8-14)10-17-16(20)21-2/h3-4,7-8,11,13H,5-6,9-10H2,1-2H3,(H,17,20)(H,18,19). The molecule has 0 aromatic heterocycles. The van der Waals surface area contributed by atoms with Crippen molar-refractivity contribution in [1.82, 2.24) is 5.32 Å². The summed E-state index contributed by atoms with van der Waals surface area (Å²) < 4.78 is 4.50. The van der Waals surface area contributed by atoms with Gasteiger partial charge >= 0.3 is 6.09 Å². The van der Waals surface area contributed by atoms with Gasteiger partial charge in [0.15, 0.2) is 0 Å². The van der Waals surface area contributed by atoms with Gasteiger partial charge < -0.3 is 15.4 Å². The van der Waals surface area contributed by atoms with E-state index in [0.717, 1.165) is 17.2 Å². The van der Waals surface area contributed by atoms with Crippen LogP contribution in [0.15, 0.2) is 24.3 Å². The van der Waals surface area contributed by atoms with Crippen LogP contribution in [0.2, 0.25) is 0 Å². The highest BCUT2D eigenvalue weighted by Gasteiger charge is 2.29. The third-order valence-electron chi connectivity index (χ3n) is 3.79. The molecule has 114 valence electrons. The zero-order chi connectivity index (χ0) is 15.2. The number of carbonyl (C=O) groups is 2. The van der Waals surface area contributed by atoms with Crippen molar-refractivity contribution in [1.29, 1.82) is 0 Å². The molecule has 2 N–H and O–H groups in total. The van der Waals surface area contributed by atoms with Crippen molar-refractivity contribution in [2.24, 2.45) is 11.8 Å². The molecule has 1 aromatic carbocycles. The smallest absolute Gasteiger partial charge is 0.407 e. The molecule has 1 aliphatic carbocycles. The summed E-state index contributed by atoms with van der Waals surface area (Å²) in [5.74, 6) is 1.27. The van der Waals surface area contributed by atoms with Crippen molar-refractivity contribution in [3.05, 3.63) is 29.8 Å². The third kappa shape index (κ3) is 5.10. The summed E-state index contributed by atoms with van der Waals surface area (Å²) in [4.78, 5) is 22.9. The Kier molecular flexibility index (Phi) is 5.20. The van der Waals surface area contributed by atoms with Crippen LogP contribution in [0.4, 0.5) is 10.5 Å². The third-order valence-corrected chi connectivity index (χ3v) is 3.79. The Hall–Kier alpha value is -2.04. The zero-order valence-corrected chi connectivity index (χ0v) is 12.5. The second-order valence-electron chi connectivity index (χ2n) is 5.61. The van der Waals surface area contributed by atoms with Crippen LogP contribution in [0, 0.1) is 11.8 Å². The molecule has 0 spiro atoms. The maximum atomic E-state index is 11.9. The number of carbonyl (C=O) groups excluding carboxylic acids is 2. The average Bonchev–Trinajstić information content (AvgIpc) is 3.30. The van der Waals surface area contributed by atoms with Gasteiger partial charge in [-0.15, -0.1) is 0 Å². The highest BCUT2D eigenvalue weighted by atomic mass is 16.5. The molecule has 0 heterocycles. The summed E-state index contributed by atoms with van der Waals surface area (Å²) in [7, 11) is 1.33. The average molecular weight is 290 g/mol. The summed E-state index contributed by atoms with van der Waals surface area (Å²) in [5.41, 5.74) is 1.73. The van der Waals surface area contributed by atoms with E-state index in [4.69, 9.17) is 0 Å². The Balaban J connectivity index is 1.78. The highest BCUT2D eigenvalue weighted by molar-refractivity contribution is 5.90. The summed E-state index contributed by atoms with van der Waals surface area (Å²) in [6.45, 7) is 2.54. The first-order valence-electron chi connectivity index (χ1n) is 7.29. The Bertz CT molecular complexity index is 495.